The molecular formula is C17H20N2O5S. The fourth-order valence-corrected chi connectivity index (χ4v) is 4.67. The molecule has 7 nitrogen and oxygen atoms in total. The van der Waals surface area contributed by atoms with Gasteiger partial charge in [-0.15, -0.1) is 0 Å². The number of benzene rings is 1. The van der Waals surface area contributed by atoms with E-state index in [2.05, 4.69) is 10.3 Å². The van der Waals surface area contributed by atoms with Gasteiger partial charge >= 0.3 is 0 Å². The van der Waals surface area contributed by atoms with E-state index in [-0.39, 0.29) is 35.4 Å². The average molecular weight is 364 g/mol. The van der Waals surface area contributed by atoms with Crippen LogP contribution in [0.3, 0.4) is 0 Å². The topological polar surface area (TPSA) is 105 Å². The summed E-state index contributed by atoms with van der Waals surface area (Å²) >= 11 is 0. The summed E-state index contributed by atoms with van der Waals surface area (Å²) in [5.74, 6) is 0.529. The van der Waals surface area contributed by atoms with Crippen LogP contribution >= 0.6 is 0 Å². The van der Waals surface area contributed by atoms with Crippen molar-refractivity contribution in [2.75, 3.05) is 18.6 Å². The Labute approximate surface area is 145 Å². The van der Waals surface area contributed by atoms with Crippen LogP contribution < -0.4 is 15.6 Å². The fraction of sp³-hybridized carbons (Fsp3) is 0.412. The van der Waals surface area contributed by atoms with E-state index in [0.29, 0.717) is 29.7 Å². The first-order valence-electron chi connectivity index (χ1n) is 8.06. The smallest absolute Gasteiger partial charge is 0.251 e. The monoisotopic (exact) mass is 364 g/mol. The lowest BCUT2D eigenvalue weighted by molar-refractivity contribution is -0.121. The summed E-state index contributed by atoms with van der Waals surface area (Å²) in [6, 6.07) is 6.84. The van der Waals surface area contributed by atoms with E-state index in [1.807, 2.05) is 6.07 Å². The zero-order chi connectivity index (χ0) is 18.0. The molecule has 1 atom stereocenters. The number of amides is 1. The van der Waals surface area contributed by atoms with E-state index in [1.165, 1.54) is 0 Å². The number of hydrogen-bond donors (Lipinski definition) is 2. The van der Waals surface area contributed by atoms with Gasteiger partial charge in [0, 0.05) is 24.1 Å². The molecule has 0 saturated carbocycles. The molecule has 1 aliphatic heterocycles. The van der Waals surface area contributed by atoms with Crippen LogP contribution in [-0.2, 0) is 21.1 Å². The number of aryl methyl sites for hydroxylation is 1. The van der Waals surface area contributed by atoms with Crippen LogP contribution in [0.4, 0.5) is 0 Å². The third-order valence-electron chi connectivity index (χ3n) is 4.35. The number of hydrogen-bond acceptors (Lipinski definition) is 5. The van der Waals surface area contributed by atoms with Gasteiger partial charge in [-0.05, 0) is 36.4 Å². The number of aromatic amines is 1. The van der Waals surface area contributed by atoms with Crippen molar-refractivity contribution in [2.24, 2.45) is 0 Å². The van der Waals surface area contributed by atoms with Crippen LogP contribution in [0.2, 0.25) is 0 Å². The summed E-state index contributed by atoms with van der Waals surface area (Å²) < 4.78 is 28.0. The molecule has 1 unspecified atom stereocenters. The van der Waals surface area contributed by atoms with E-state index < -0.39 is 9.84 Å². The van der Waals surface area contributed by atoms with Crippen LogP contribution in [0.5, 0.6) is 5.75 Å². The number of carbonyl (C=O) groups is 1. The molecule has 1 aliphatic rings. The number of methoxy groups -OCH3 is 1. The lowest BCUT2D eigenvalue weighted by Gasteiger charge is -2.10. The van der Waals surface area contributed by atoms with Crippen molar-refractivity contribution in [3.8, 4) is 5.75 Å². The highest BCUT2D eigenvalue weighted by Crippen LogP contribution is 2.19. The van der Waals surface area contributed by atoms with Crippen molar-refractivity contribution in [1.29, 1.82) is 0 Å². The zero-order valence-electron chi connectivity index (χ0n) is 13.9. The van der Waals surface area contributed by atoms with Crippen LogP contribution in [0, 0.1) is 0 Å². The van der Waals surface area contributed by atoms with Gasteiger partial charge in [-0.3, -0.25) is 9.59 Å². The van der Waals surface area contributed by atoms with E-state index in [0.717, 1.165) is 5.39 Å². The predicted octanol–water partition coefficient (Wildman–Crippen LogP) is 0.773. The molecule has 8 heteroatoms. The molecule has 3 rings (SSSR count). The largest absolute Gasteiger partial charge is 0.497 e. The Balaban J connectivity index is 1.65. The number of fused-ring (bicyclic) bond motifs is 1. The Hall–Kier alpha value is -2.35. The maximum absolute atomic E-state index is 12.2. The van der Waals surface area contributed by atoms with Crippen molar-refractivity contribution < 1.29 is 17.9 Å². The second-order valence-electron chi connectivity index (χ2n) is 6.24. The third kappa shape index (κ3) is 4.19. The second-order valence-corrected chi connectivity index (χ2v) is 8.47. The number of nitrogens with one attached hydrogen (secondary N) is 2. The summed E-state index contributed by atoms with van der Waals surface area (Å²) in [5.41, 5.74) is 0.956. The Morgan fingerprint density at radius 1 is 1.36 bits per heavy atom. The lowest BCUT2D eigenvalue weighted by atomic mass is 10.1. The highest BCUT2D eigenvalue weighted by molar-refractivity contribution is 7.91. The highest BCUT2D eigenvalue weighted by Gasteiger charge is 2.28. The maximum Gasteiger partial charge on any atom is 0.251 e. The number of sulfone groups is 1. The van der Waals surface area contributed by atoms with Crippen LogP contribution in [0.15, 0.2) is 29.1 Å². The third-order valence-corrected chi connectivity index (χ3v) is 6.12. The minimum Gasteiger partial charge on any atom is -0.497 e. The van der Waals surface area contributed by atoms with E-state index in [9.17, 15) is 18.0 Å². The number of carbonyl (C=O) groups excluding carboxylic acids is 1. The van der Waals surface area contributed by atoms with Gasteiger partial charge in [-0.25, -0.2) is 8.42 Å². The molecule has 1 aromatic heterocycles. The van der Waals surface area contributed by atoms with Gasteiger partial charge in [0.1, 0.15) is 5.75 Å². The Bertz CT molecular complexity index is 965. The molecule has 0 spiro atoms. The van der Waals surface area contributed by atoms with Gasteiger partial charge in [-0.1, -0.05) is 0 Å². The molecule has 0 bridgehead atoms. The van der Waals surface area contributed by atoms with Gasteiger partial charge in [0.15, 0.2) is 9.84 Å². The lowest BCUT2D eigenvalue weighted by Crippen LogP contribution is -2.35. The standard InChI is InChI=1S/C17H20N2O5S/c1-24-14-4-2-11-8-12(17(21)19-15(11)9-14)3-5-16(20)18-13-6-7-25(22,23)10-13/h2,4,8-9,13H,3,5-7,10H2,1H3,(H,18,20)(H,19,21). The average Bonchev–Trinajstić information content (AvgIpc) is 2.90. The van der Waals surface area contributed by atoms with Crippen LogP contribution in [0.1, 0.15) is 18.4 Å². The van der Waals surface area contributed by atoms with Crippen molar-refractivity contribution in [2.45, 2.75) is 25.3 Å². The normalized spacial score (nSPS) is 19.0. The van der Waals surface area contributed by atoms with E-state index >= 15 is 0 Å². The van der Waals surface area contributed by atoms with Gasteiger partial charge in [0.05, 0.1) is 24.1 Å². The maximum atomic E-state index is 12.2. The molecular weight excluding hydrogens is 344 g/mol. The molecule has 1 saturated heterocycles. The van der Waals surface area contributed by atoms with Crippen molar-refractivity contribution in [3.05, 3.63) is 40.2 Å². The molecule has 134 valence electrons. The SMILES string of the molecule is COc1ccc2cc(CCC(=O)NC3CCS(=O)(=O)C3)c(=O)[nH]c2c1. The predicted molar refractivity (Wildman–Crippen MR) is 94.6 cm³/mol. The summed E-state index contributed by atoms with van der Waals surface area (Å²) in [6.45, 7) is 0. The zero-order valence-corrected chi connectivity index (χ0v) is 14.7. The van der Waals surface area contributed by atoms with Crippen LogP contribution in [0.25, 0.3) is 10.9 Å². The summed E-state index contributed by atoms with van der Waals surface area (Å²) in [7, 11) is -1.47. The van der Waals surface area contributed by atoms with Gasteiger partial charge in [-0.2, -0.15) is 0 Å². The van der Waals surface area contributed by atoms with E-state index in [1.54, 1.807) is 25.3 Å². The molecule has 2 heterocycles. The first kappa shape index (κ1) is 17.5. The summed E-state index contributed by atoms with van der Waals surface area (Å²) in [6.07, 6.45) is 0.885. The van der Waals surface area contributed by atoms with Gasteiger partial charge in [0.2, 0.25) is 5.91 Å². The summed E-state index contributed by atoms with van der Waals surface area (Å²) in [5, 5.41) is 3.59. The van der Waals surface area contributed by atoms with Gasteiger partial charge < -0.3 is 15.0 Å². The Morgan fingerprint density at radius 3 is 2.84 bits per heavy atom. The van der Waals surface area contributed by atoms with E-state index in [4.69, 9.17) is 4.74 Å². The molecule has 25 heavy (non-hydrogen) atoms. The first-order valence-corrected chi connectivity index (χ1v) is 9.88. The molecule has 1 fully saturated rings. The first-order chi connectivity index (χ1) is 11.9. The Morgan fingerprint density at radius 2 is 2.16 bits per heavy atom. The van der Waals surface area contributed by atoms with Crippen molar-refractivity contribution in [3.63, 3.8) is 0 Å². The minimum atomic E-state index is -3.02. The summed E-state index contributed by atoms with van der Waals surface area (Å²) in [4.78, 5) is 27.0. The van der Waals surface area contributed by atoms with Crippen molar-refractivity contribution in [1.82, 2.24) is 10.3 Å². The number of H-pyrrole nitrogens is 1. The Kier molecular flexibility index (Phi) is 4.80. The fourth-order valence-electron chi connectivity index (χ4n) is 2.99. The number of rotatable bonds is 5. The molecule has 1 amide bonds. The highest BCUT2D eigenvalue weighted by atomic mass is 32.2. The second kappa shape index (κ2) is 6.87. The quantitative estimate of drug-likeness (QED) is 0.815. The number of ether oxygens (including phenoxy) is 1. The molecule has 0 radical (unpaired) electrons. The minimum absolute atomic E-state index is 0.00285. The molecule has 1 aromatic carbocycles. The number of aromatic nitrogens is 1. The van der Waals surface area contributed by atoms with Crippen molar-refractivity contribution >= 4 is 26.6 Å². The van der Waals surface area contributed by atoms with Crippen LogP contribution in [-0.4, -0.2) is 44.0 Å². The molecule has 0 aliphatic carbocycles. The molecule has 2 N–H and O–H groups in total. The van der Waals surface area contributed by atoms with Gasteiger partial charge in [0.25, 0.3) is 5.56 Å². The number of pyridine rings is 1. The molecule has 2 aromatic rings.